The molecule has 1 saturated carbocycles. The van der Waals surface area contributed by atoms with Crippen LogP contribution in [0.1, 0.15) is 25.7 Å². The van der Waals surface area contributed by atoms with Gasteiger partial charge in [-0.2, -0.15) is 5.10 Å². The topological polar surface area (TPSA) is 64.4 Å². The third kappa shape index (κ3) is 3.01. The molecule has 0 spiro atoms. The van der Waals surface area contributed by atoms with Crippen LogP contribution in [0.3, 0.4) is 0 Å². The van der Waals surface area contributed by atoms with Gasteiger partial charge >= 0.3 is 0 Å². The zero-order chi connectivity index (χ0) is 8.10. The van der Waals surface area contributed by atoms with Gasteiger partial charge in [0.2, 0.25) is 0 Å². The molecular formula is C7H15N3S. The molecule has 0 amide bonds. The molecule has 64 valence electrons. The molecule has 4 heteroatoms. The molecule has 0 unspecified atom stereocenters. The Morgan fingerprint density at radius 1 is 1.55 bits per heavy atom. The molecule has 0 aromatic rings. The Kier molecular flexibility index (Phi) is 3.56. The SMILES string of the molecule is N/N=C(\N)SCCC1CCC1. The van der Waals surface area contributed by atoms with Crippen LogP contribution in [-0.4, -0.2) is 10.9 Å². The smallest absolute Gasteiger partial charge is 0.177 e. The summed E-state index contributed by atoms with van der Waals surface area (Å²) in [7, 11) is 0. The van der Waals surface area contributed by atoms with Crippen molar-refractivity contribution in [1.82, 2.24) is 0 Å². The van der Waals surface area contributed by atoms with E-state index in [1.54, 1.807) is 11.8 Å². The summed E-state index contributed by atoms with van der Waals surface area (Å²) < 4.78 is 0. The zero-order valence-corrected chi connectivity index (χ0v) is 7.44. The van der Waals surface area contributed by atoms with Crippen LogP contribution >= 0.6 is 11.8 Å². The molecule has 0 aromatic heterocycles. The zero-order valence-electron chi connectivity index (χ0n) is 6.62. The molecular weight excluding hydrogens is 158 g/mol. The van der Waals surface area contributed by atoms with Crippen LogP contribution in [0, 0.1) is 5.92 Å². The highest BCUT2D eigenvalue weighted by molar-refractivity contribution is 8.13. The molecule has 0 heterocycles. The van der Waals surface area contributed by atoms with E-state index in [-0.39, 0.29) is 0 Å². The number of nitrogens with two attached hydrogens (primary N) is 2. The van der Waals surface area contributed by atoms with Crippen molar-refractivity contribution in [2.45, 2.75) is 25.7 Å². The highest BCUT2D eigenvalue weighted by Gasteiger charge is 2.16. The molecule has 0 aromatic carbocycles. The minimum absolute atomic E-state index is 0.504. The Balaban J connectivity index is 1.95. The summed E-state index contributed by atoms with van der Waals surface area (Å²) in [5.41, 5.74) is 5.41. The first kappa shape index (κ1) is 8.71. The van der Waals surface area contributed by atoms with E-state index in [1.807, 2.05) is 0 Å². The molecule has 0 aliphatic heterocycles. The van der Waals surface area contributed by atoms with Gasteiger partial charge < -0.3 is 11.6 Å². The lowest BCUT2D eigenvalue weighted by molar-refractivity contribution is 0.309. The summed E-state index contributed by atoms with van der Waals surface area (Å²) >= 11 is 1.56. The average Bonchev–Trinajstić information content (AvgIpc) is 1.94. The lowest BCUT2D eigenvalue weighted by Gasteiger charge is -2.24. The van der Waals surface area contributed by atoms with Crippen LogP contribution in [0.4, 0.5) is 0 Å². The number of hydrogen-bond acceptors (Lipinski definition) is 3. The lowest BCUT2D eigenvalue weighted by Crippen LogP contribution is -2.14. The summed E-state index contributed by atoms with van der Waals surface area (Å²) in [5, 5.41) is 3.89. The van der Waals surface area contributed by atoms with Crippen molar-refractivity contribution < 1.29 is 0 Å². The Hall–Kier alpha value is -0.380. The largest absolute Gasteiger partial charge is 0.377 e. The number of nitrogens with zero attached hydrogens (tertiary/aromatic N) is 1. The van der Waals surface area contributed by atoms with Gasteiger partial charge in [0.25, 0.3) is 0 Å². The molecule has 0 atom stereocenters. The van der Waals surface area contributed by atoms with Crippen molar-refractivity contribution >= 4 is 16.9 Å². The van der Waals surface area contributed by atoms with Gasteiger partial charge in [-0.1, -0.05) is 31.0 Å². The first-order valence-corrected chi connectivity index (χ1v) is 4.97. The summed E-state index contributed by atoms with van der Waals surface area (Å²) in [6, 6.07) is 0. The summed E-state index contributed by atoms with van der Waals surface area (Å²) in [5.74, 6) is 7.00. The number of rotatable bonds is 3. The predicted octanol–water partition coefficient (Wildman–Crippen LogP) is 1.10. The van der Waals surface area contributed by atoms with Gasteiger partial charge in [0.05, 0.1) is 0 Å². The Morgan fingerprint density at radius 3 is 2.73 bits per heavy atom. The lowest BCUT2D eigenvalue weighted by atomic mass is 9.84. The second kappa shape index (κ2) is 4.49. The maximum atomic E-state index is 5.41. The van der Waals surface area contributed by atoms with Crippen molar-refractivity contribution in [3.8, 4) is 0 Å². The fourth-order valence-electron chi connectivity index (χ4n) is 1.15. The highest BCUT2D eigenvalue weighted by Crippen LogP contribution is 2.30. The van der Waals surface area contributed by atoms with Crippen LogP contribution < -0.4 is 11.6 Å². The van der Waals surface area contributed by atoms with Crippen LogP contribution in [0.25, 0.3) is 0 Å². The Bertz CT molecular complexity index is 143. The molecule has 1 rings (SSSR count). The molecule has 0 bridgehead atoms. The van der Waals surface area contributed by atoms with Crippen LogP contribution in [0.15, 0.2) is 5.10 Å². The summed E-state index contributed by atoms with van der Waals surface area (Å²) in [4.78, 5) is 0. The number of hydrazone groups is 1. The molecule has 1 fully saturated rings. The van der Waals surface area contributed by atoms with Gasteiger partial charge in [0.1, 0.15) is 0 Å². The van der Waals surface area contributed by atoms with Gasteiger partial charge in [0.15, 0.2) is 5.17 Å². The summed E-state index contributed by atoms with van der Waals surface area (Å²) in [6.07, 6.45) is 5.48. The average molecular weight is 173 g/mol. The van der Waals surface area contributed by atoms with Crippen molar-refractivity contribution in [1.29, 1.82) is 0 Å². The van der Waals surface area contributed by atoms with Gasteiger partial charge in [0, 0.05) is 5.75 Å². The highest BCUT2D eigenvalue weighted by atomic mass is 32.2. The van der Waals surface area contributed by atoms with Crippen molar-refractivity contribution in [3.63, 3.8) is 0 Å². The van der Waals surface area contributed by atoms with E-state index in [9.17, 15) is 0 Å². The molecule has 3 nitrogen and oxygen atoms in total. The molecule has 0 saturated heterocycles. The van der Waals surface area contributed by atoms with Gasteiger partial charge in [-0.15, -0.1) is 0 Å². The van der Waals surface area contributed by atoms with Crippen molar-refractivity contribution in [2.75, 3.05) is 5.75 Å². The van der Waals surface area contributed by atoms with Gasteiger partial charge in [-0.3, -0.25) is 0 Å². The number of hydrogen-bond donors (Lipinski definition) is 2. The van der Waals surface area contributed by atoms with Gasteiger partial charge in [-0.25, -0.2) is 0 Å². The van der Waals surface area contributed by atoms with E-state index in [0.29, 0.717) is 5.17 Å². The normalized spacial score (nSPS) is 19.8. The maximum Gasteiger partial charge on any atom is 0.177 e. The fraction of sp³-hybridized carbons (Fsp3) is 0.857. The molecule has 11 heavy (non-hydrogen) atoms. The van der Waals surface area contributed by atoms with E-state index in [0.717, 1.165) is 11.7 Å². The Labute approximate surface area is 71.6 Å². The molecule has 4 N–H and O–H groups in total. The molecule has 0 radical (unpaired) electrons. The van der Waals surface area contributed by atoms with Crippen LogP contribution in [0.5, 0.6) is 0 Å². The first-order chi connectivity index (χ1) is 5.33. The monoisotopic (exact) mass is 173 g/mol. The van der Waals surface area contributed by atoms with Crippen LogP contribution in [0.2, 0.25) is 0 Å². The predicted molar refractivity (Wildman–Crippen MR) is 50.2 cm³/mol. The van der Waals surface area contributed by atoms with Gasteiger partial charge in [-0.05, 0) is 12.3 Å². The quantitative estimate of drug-likeness (QED) is 0.291. The van der Waals surface area contributed by atoms with Crippen molar-refractivity contribution in [2.24, 2.45) is 22.6 Å². The minimum atomic E-state index is 0.504. The van der Waals surface area contributed by atoms with E-state index in [1.165, 1.54) is 25.7 Å². The third-order valence-electron chi connectivity index (χ3n) is 2.13. The second-order valence-corrected chi connectivity index (χ2v) is 4.02. The van der Waals surface area contributed by atoms with E-state index < -0.39 is 0 Å². The Morgan fingerprint density at radius 2 is 2.27 bits per heavy atom. The second-order valence-electron chi connectivity index (χ2n) is 2.90. The first-order valence-electron chi connectivity index (χ1n) is 3.99. The minimum Gasteiger partial charge on any atom is -0.377 e. The van der Waals surface area contributed by atoms with E-state index in [2.05, 4.69) is 5.10 Å². The molecule has 1 aliphatic rings. The fourth-order valence-corrected chi connectivity index (χ4v) is 1.88. The summed E-state index contributed by atoms with van der Waals surface area (Å²) in [6.45, 7) is 0. The van der Waals surface area contributed by atoms with E-state index >= 15 is 0 Å². The van der Waals surface area contributed by atoms with Crippen molar-refractivity contribution in [3.05, 3.63) is 0 Å². The van der Waals surface area contributed by atoms with Crippen LogP contribution in [-0.2, 0) is 0 Å². The maximum absolute atomic E-state index is 5.41. The molecule has 1 aliphatic carbocycles. The van der Waals surface area contributed by atoms with E-state index in [4.69, 9.17) is 11.6 Å². The number of amidine groups is 1. The number of thioether (sulfide) groups is 1. The standard InChI is InChI=1S/C7H15N3S/c8-7(10-9)11-5-4-6-2-1-3-6/h6H,1-5,9H2,(H2,8,10). The third-order valence-corrected chi connectivity index (χ3v) is 2.97.